The summed E-state index contributed by atoms with van der Waals surface area (Å²) in [4.78, 5) is 0. The summed E-state index contributed by atoms with van der Waals surface area (Å²) in [5, 5.41) is 21.8. The Morgan fingerprint density at radius 2 is 1.75 bits per heavy atom. The van der Waals surface area contributed by atoms with Gasteiger partial charge in [-0.1, -0.05) is 47.6 Å². The van der Waals surface area contributed by atoms with Crippen LogP contribution in [-0.2, 0) is 0 Å². The first-order valence-electron chi connectivity index (χ1n) is 6.26. The van der Waals surface area contributed by atoms with E-state index in [1.165, 1.54) is 0 Å². The van der Waals surface area contributed by atoms with Crippen molar-refractivity contribution >= 4 is 11.4 Å². The van der Waals surface area contributed by atoms with Gasteiger partial charge in [-0.15, -0.1) is 0 Å². The predicted octanol–water partition coefficient (Wildman–Crippen LogP) is 2.56. The lowest BCUT2D eigenvalue weighted by atomic mass is 9.98. The first-order valence-corrected chi connectivity index (χ1v) is 6.26. The third-order valence-electron chi connectivity index (χ3n) is 3.12. The van der Waals surface area contributed by atoms with Gasteiger partial charge in [0.05, 0.1) is 11.8 Å². The van der Waals surface area contributed by atoms with Crippen molar-refractivity contribution in [2.24, 2.45) is 5.16 Å². The van der Waals surface area contributed by atoms with Crippen LogP contribution in [0.2, 0.25) is 0 Å². The third-order valence-corrected chi connectivity index (χ3v) is 3.12. The maximum absolute atomic E-state index is 9.32. The van der Waals surface area contributed by atoms with Gasteiger partial charge in [0, 0.05) is 12.1 Å². The Balaban J connectivity index is 2.19. The summed E-state index contributed by atoms with van der Waals surface area (Å²) in [5.41, 5.74) is 10.7. The van der Waals surface area contributed by atoms with Gasteiger partial charge in [0.15, 0.2) is 0 Å². The highest BCUT2D eigenvalue weighted by atomic mass is 16.5. The molecule has 0 aliphatic heterocycles. The number of nitrogen functional groups attached to an aromatic ring is 1. The molecule has 0 saturated heterocycles. The van der Waals surface area contributed by atoms with Gasteiger partial charge in [-0.3, -0.25) is 0 Å². The fraction of sp³-hybridized carbons (Fsp3) is 0.133. The summed E-state index contributed by atoms with van der Waals surface area (Å²) < 4.78 is 0. The van der Waals surface area contributed by atoms with Gasteiger partial charge in [-0.25, -0.2) is 0 Å². The standard InChI is InChI=1S/C15H17N3O2/c16-13-8-6-12(7-9-13)15(18-20)10-14(17-19)11-4-2-1-3-5-11/h1-9,15,18-20H,10,16H2/t15-/m1/s1. The van der Waals surface area contributed by atoms with Crippen LogP contribution in [0.5, 0.6) is 0 Å². The first kappa shape index (κ1) is 14.0. The van der Waals surface area contributed by atoms with Crippen LogP contribution >= 0.6 is 0 Å². The molecule has 0 unspecified atom stereocenters. The molecule has 0 aromatic heterocycles. The number of rotatable bonds is 5. The molecule has 1 atom stereocenters. The maximum Gasteiger partial charge on any atom is 0.0887 e. The van der Waals surface area contributed by atoms with Gasteiger partial charge >= 0.3 is 0 Å². The van der Waals surface area contributed by atoms with Crippen LogP contribution in [0, 0.1) is 0 Å². The summed E-state index contributed by atoms with van der Waals surface area (Å²) >= 11 is 0. The number of hydrogen-bond acceptors (Lipinski definition) is 5. The van der Waals surface area contributed by atoms with Crippen LogP contribution in [-0.4, -0.2) is 16.1 Å². The minimum Gasteiger partial charge on any atom is -0.411 e. The number of anilines is 1. The van der Waals surface area contributed by atoms with E-state index in [1.807, 2.05) is 42.5 Å². The monoisotopic (exact) mass is 271 g/mol. The molecule has 0 heterocycles. The van der Waals surface area contributed by atoms with E-state index < -0.39 is 0 Å². The second-order valence-corrected chi connectivity index (χ2v) is 4.47. The summed E-state index contributed by atoms with van der Waals surface area (Å²) in [7, 11) is 0. The van der Waals surface area contributed by atoms with E-state index in [4.69, 9.17) is 5.73 Å². The summed E-state index contributed by atoms with van der Waals surface area (Å²) in [6.45, 7) is 0. The van der Waals surface area contributed by atoms with Gasteiger partial charge in [0.2, 0.25) is 0 Å². The van der Waals surface area contributed by atoms with Crippen molar-refractivity contribution in [1.82, 2.24) is 5.48 Å². The second-order valence-electron chi connectivity index (χ2n) is 4.47. The summed E-state index contributed by atoms with van der Waals surface area (Å²) in [6, 6.07) is 16.1. The molecular weight excluding hydrogens is 254 g/mol. The van der Waals surface area contributed by atoms with Crippen molar-refractivity contribution in [3.05, 3.63) is 65.7 Å². The number of benzene rings is 2. The van der Waals surface area contributed by atoms with Crippen molar-refractivity contribution < 1.29 is 10.4 Å². The molecule has 0 aliphatic rings. The Bertz CT molecular complexity index is 567. The van der Waals surface area contributed by atoms with E-state index in [2.05, 4.69) is 10.6 Å². The smallest absolute Gasteiger partial charge is 0.0887 e. The quantitative estimate of drug-likeness (QED) is 0.291. The normalized spacial score (nSPS) is 13.2. The van der Waals surface area contributed by atoms with E-state index in [0.717, 1.165) is 11.1 Å². The van der Waals surface area contributed by atoms with Crippen molar-refractivity contribution in [2.45, 2.75) is 12.5 Å². The molecule has 5 heteroatoms. The van der Waals surface area contributed by atoms with Crippen LogP contribution in [0.15, 0.2) is 59.8 Å². The largest absolute Gasteiger partial charge is 0.411 e. The highest BCUT2D eigenvalue weighted by Gasteiger charge is 2.15. The molecule has 0 spiro atoms. The lowest BCUT2D eigenvalue weighted by Crippen LogP contribution is -2.21. The van der Waals surface area contributed by atoms with E-state index in [0.29, 0.717) is 17.8 Å². The Morgan fingerprint density at radius 3 is 2.30 bits per heavy atom. The second kappa shape index (κ2) is 6.70. The molecule has 2 rings (SSSR count). The summed E-state index contributed by atoms with van der Waals surface area (Å²) in [5.74, 6) is 0. The van der Waals surface area contributed by atoms with Gasteiger partial charge in [0.1, 0.15) is 0 Å². The van der Waals surface area contributed by atoms with E-state index >= 15 is 0 Å². The molecular formula is C15H17N3O2. The average Bonchev–Trinajstić information content (AvgIpc) is 2.51. The van der Waals surface area contributed by atoms with Gasteiger partial charge in [-0.05, 0) is 23.3 Å². The zero-order chi connectivity index (χ0) is 14.4. The van der Waals surface area contributed by atoms with Crippen molar-refractivity contribution in [2.75, 3.05) is 5.73 Å². The molecule has 5 nitrogen and oxygen atoms in total. The van der Waals surface area contributed by atoms with Crippen molar-refractivity contribution in [1.29, 1.82) is 0 Å². The van der Waals surface area contributed by atoms with Gasteiger partial charge in [0.25, 0.3) is 0 Å². The Hall–Kier alpha value is -2.37. The molecule has 104 valence electrons. The predicted molar refractivity (Wildman–Crippen MR) is 77.9 cm³/mol. The number of oxime groups is 1. The number of hydroxylamine groups is 1. The summed E-state index contributed by atoms with van der Waals surface area (Å²) in [6.07, 6.45) is 0.348. The number of nitrogens with one attached hydrogen (secondary N) is 1. The molecule has 0 saturated carbocycles. The molecule has 0 radical (unpaired) electrons. The number of nitrogens with two attached hydrogens (primary N) is 1. The Morgan fingerprint density at radius 1 is 1.10 bits per heavy atom. The highest BCUT2D eigenvalue weighted by molar-refractivity contribution is 6.00. The minimum absolute atomic E-state index is 0.348. The lowest BCUT2D eigenvalue weighted by Gasteiger charge is -2.16. The average molecular weight is 271 g/mol. The van der Waals surface area contributed by atoms with Gasteiger partial charge < -0.3 is 16.1 Å². The van der Waals surface area contributed by atoms with Gasteiger partial charge in [-0.2, -0.15) is 5.48 Å². The Kier molecular flexibility index (Phi) is 4.70. The van der Waals surface area contributed by atoms with Crippen LogP contribution < -0.4 is 11.2 Å². The zero-order valence-corrected chi connectivity index (χ0v) is 10.9. The van der Waals surface area contributed by atoms with E-state index in [9.17, 15) is 10.4 Å². The fourth-order valence-corrected chi connectivity index (χ4v) is 2.01. The zero-order valence-electron chi connectivity index (χ0n) is 10.9. The van der Waals surface area contributed by atoms with E-state index in [1.54, 1.807) is 12.1 Å². The van der Waals surface area contributed by atoms with Crippen LogP contribution in [0.3, 0.4) is 0 Å². The van der Waals surface area contributed by atoms with Crippen molar-refractivity contribution in [3.63, 3.8) is 0 Å². The molecule has 5 N–H and O–H groups in total. The molecule has 0 bridgehead atoms. The first-order chi connectivity index (χ1) is 9.74. The molecule has 20 heavy (non-hydrogen) atoms. The topological polar surface area (TPSA) is 90.9 Å². The molecule has 0 aliphatic carbocycles. The molecule has 2 aromatic rings. The third kappa shape index (κ3) is 3.34. The minimum atomic E-state index is -0.373. The highest BCUT2D eigenvalue weighted by Crippen LogP contribution is 2.20. The number of nitrogens with zero attached hydrogens (tertiary/aromatic N) is 1. The SMILES string of the molecule is Nc1ccc([C@@H](CC(=NO)c2ccccc2)NO)cc1. The lowest BCUT2D eigenvalue weighted by molar-refractivity contribution is 0.128. The molecule has 0 amide bonds. The fourth-order valence-electron chi connectivity index (χ4n) is 2.01. The molecule has 2 aromatic carbocycles. The van der Waals surface area contributed by atoms with Crippen molar-refractivity contribution in [3.8, 4) is 0 Å². The maximum atomic E-state index is 9.32. The molecule has 0 fully saturated rings. The van der Waals surface area contributed by atoms with Crippen LogP contribution in [0.25, 0.3) is 0 Å². The van der Waals surface area contributed by atoms with Crippen LogP contribution in [0.1, 0.15) is 23.6 Å². The van der Waals surface area contributed by atoms with Crippen LogP contribution in [0.4, 0.5) is 5.69 Å². The van der Waals surface area contributed by atoms with E-state index in [-0.39, 0.29) is 6.04 Å². The number of hydrogen-bond donors (Lipinski definition) is 4. The Labute approximate surface area is 117 Å².